The fourth-order valence-electron chi connectivity index (χ4n) is 2.73. The van der Waals surface area contributed by atoms with Gasteiger partial charge in [0.05, 0.1) is 17.5 Å². The van der Waals surface area contributed by atoms with Crippen LogP contribution in [0.15, 0.2) is 49.4 Å². The van der Waals surface area contributed by atoms with Crippen molar-refractivity contribution in [1.82, 2.24) is 20.3 Å². The number of rotatable bonds is 6. The molecule has 4 N–H and O–H groups in total. The molecule has 0 radical (unpaired) electrons. The molecule has 0 spiro atoms. The number of amides is 1. The molecule has 0 bridgehead atoms. The molecular formula is C20H21N5O2. The van der Waals surface area contributed by atoms with Crippen LogP contribution in [0.1, 0.15) is 34.4 Å². The first kappa shape index (κ1) is 18.2. The van der Waals surface area contributed by atoms with Gasteiger partial charge in [-0.15, -0.1) is 0 Å². The van der Waals surface area contributed by atoms with E-state index in [0.717, 1.165) is 16.5 Å². The number of hydrogen-bond donors (Lipinski definition) is 3. The number of H-pyrrole nitrogens is 1. The number of anilines is 1. The number of fused-ring (bicyclic) bond motifs is 1. The van der Waals surface area contributed by atoms with Crippen molar-refractivity contribution in [3.63, 3.8) is 0 Å². The Kier molecular flexibility index (Phi) is 5.21. The van der Waals surface area contributed by atoms with Crippen molar-refractivity contribution in [3.05, 3.63) is 72.0 Å². The van der Waals surface area contributed by atoms with E-state index >= 15 is 0 Å². The third-order valence-corrected chi connectivity index (χ3v) is 4.04. The standard InChI is InChI=1S/C20H21N5O2/c1-4-10-27-13(3)16-12(2)24-18(19(21)25-16)20(26)23-11-15-7-5-6-14-8-9-22-17(14)15/h4-10,22H,3,11H2,1-2H3,(H2,21,25)(H,23,26)/b10-4-. The van der Waals surface area contributed by atoms with Gasteiger partial charge in [-0.25, -0.2) is 9.97 Å². The van der Waals surface area contributed by atoms with Gasteiger partial charge < -0.3 is 20.8 Å². The first-order valence-corrected chi connectivity index (χ1v) is 8.45. The molecule has 1 amide bonds. The lowest BCUT2D eigenvalue weighted by molar-refractivity contribution is 0.0946. The fourth-order valence-corrected chi connectivity index (χ4v) is 2.73. The molecule has 1 aromatic carbocycles. The van der Waals surface area contributed by atoms with Crippen molar-refractivity contribution in [3.8, 4) is 0 Å². The van der Waals surface area contributed by atoms with E-state index in [0.29, 0.717) is 23.7 Å². The minimum absolute atomic E-state index is 0.0245. The van der Waals surface area contributed by atoms with Crippen LogP contribution in [-0.4, -0.2) is 20.9 Å². The average molecular weight is 363 g/mol. The molecule has 0 aliphatic heterocycles. The summed E-state index contributed by atoms with van der Waals surface area (Å²) in [6.07, 6.45) is 5.08. The minimum Gasteiger partial charge on any atom is -0.464 e. The number of nitrogen functional groups attached to an aromatic ring is 1. The number of nitrogens with two attached hydrogens (primary N) is 1. The van der Waals surface area contributed by atoms with E-state index in [1.807, 2.05) is 37.4 Å². The lowest BCUT2D eigenvalue weighted by Gasteiger charge is -2.11. The Morgan fingerprint density at radius 3 is 2.93 bits per heavy atom. The summed E-state index contributed by atoms with van der Waals surface area (Å²) in [5.41, 5.74) is 8.91. The van der Waals surface area contributed by atoms with Gasteiger partial charge in [-0.1, -0.05) is 30.9 Å². The molecule has 0 fully saturated rings. The van der Waals surface area contributed by atoms with Gasteiger partial charge in [0.2, 0.25) is 0 Å². The summed E-state index contributed by atoms with van der Waals surface area (Å²) >= 11 is 0. The second-order valence-electron chi connectivity index (χ2n) is 5.94. The zero-order valence-corrected chi connectivity index (χ0v) is 15.2. The van der Waals surface area contributed by atoms with Crippen molar-refractivity contribution < 1.29 is 9.53 Å². The van der Waals surface area contributed by atoms with E-state index < -0.39 is 5.91 Å². The minimum atomic E-state index is -0.391. The Labute approximate surface area is 157 Å². The zero-order valence-electron chi connectivity index (χ0n) is 15.2. The first-order valence-electron chi connectivity index (χ1n) is 8.45. The fraction of sp³-hybridized carbons (Fsp3) is 0.150. The van der Waals surface area contributed by atoms with E-state index in [1.54, 1.807) is 13.0 Å². The largest absolute Gasteiger partial charge is 0.464 e. The Morgan fingerprint density at radius 1 is 1.33 bits per heavy atom. The monoisotopic (exact) mass is 363 g/mol. The van der Waals surface area contributed by atoms with E-state index in [-0.39, 0.29) is 11.5 Å². The molecule has 0 unspecified atom stereocenters. The van der Waals surface area contributed by atoms with Crippen LogP contribution in [-0.2, 0) is 11.3 Å². The van der Waals surface area contributed by atoms with Crippen molar-refractivity contribution in [2.24, 2.45) is 0 Å². The molecule has 3 aromatic rings. The Hall–Kier alpha value is -3.61. The van der Waals surface area contributed by atoms with E-state index in [9.17, 15) is 4.79 Å². The maximum atomic E-state index is 12.5. The number of aromatic amines is 1. The Morgan fingerprint density at radius 2 is 2.15 bits per heavy atom. The number of carbonyl (C=O) groups excluding carboxylic acids is 1. The number of nitrogens with zero attached hydrogens (tertiary/aromatic N) is 2. The highest BCUT2D eigenvalue weighted by Gasteiger charge is 2.18. The zero-order chi connectivity index (χ0) is 19.4. The number of aromatic nitrogens is 3. The van der Waals surface area contributed by atoms with Gasteiger partial charge >= 0.3 is 0 Å². The quantitative estimate of drug-likeness (QED) is 0.583. The van der Waals surface area contributed by atoms with Gasteiger partial charge in [-0.05, 0) is 30.9 Å². The molecule has 27 heavy (non-hydrogen) atoms. The van der Waals surface area contributed by atoms with E-state index in [2.05, 4.69) is 26.8 Å². The summed E-state index contributed by atoms with van der Waals surface area (Å²) in [6, 6.07) is 7.88. The molecule has 138 valence electrons. The summed E-state index contributed by atoms with van der Waals surface area (Å²) in [7, 11) is 0. The summed E-state index contributed by atoms with van der Waals surface area (Å²) in [5.74, 6) is -0.0511. The van der Waals surface area contributed by atoms with Crippen LogP contribution in [0.5, 0.6) is 0 Å². The molecule has 0 saturated heterocycles. The third-order valence-electron chi connectivity index (χ3n) is 4.04. The maximum absolute atomic E-state index is 12.5. The second kappa shape index (κ2) is 7.74. The summed E-state index contributed by atoms with van der Waals surface area (Å²) < 4.78 is 5.31. The van der Waals surface area contributed by atoms with E-state index in [4.69, 9.17) is 10.5 Å². The topological polar surface area (TPSA) is 106 Å². The summed E-state index contributed by atoms with van der Waals surface area (Å²) in [5, 5.41) is 3.93. The Bertz CT molecular complexity index is 1040. The van der Waals surface area contributed by atoms with Crippen molar-refractivity contribution >= 4 is 28.4 Å². The van der Waals surface area contributed by atoms with Crippen LogP contribution in [0.3, 0.4) is 0 Å². The SMILES string of the molecule is C=C(O/C=C\C)c1nc(N)c(C(=O)NCc2cccc3cc[nH]c23)nc1C. The van der Waals surface area contributed by atoms with Crippen LogP contribution >= 0.6 is 0 Å². The number of nitrogens with one attached hydrogen (secondary N) is 2. The molecule has 0 atom stereocenters. The van der Waals surface area contributed by atoms with Gasteiger partial charge in [-0.3, -0.25) is 4.79 Å². The first-order chi connectivity index (χ1) is 13.0. The summed E-state index contributed by atoms with van der Waals surface area (Å²) in [4.78, 5) is 24.3. The van der Waals surface area contributed by atoms with Crippen LogP contribution in [0.4, 0.5) is 5.82 Å². The lowest BCUT2D eigenvalue weighted by atomic mass is 10.1. The molecule has 2 heterocycles. The number of carbonyl (C=O) groups is 1. The van der Waals surface area contributed by atoms with Crippen LogP contribution < -0.4 is 11.1 Å². The Balaban J connectivity index is 1.77. The number of benzene rings is 1. The van der Waals surface area contributed by atoms with Crippen molar-refractivity contribution in [2.75, 3.05) is 5.73 Å². The van der Waals surface area contributed by atoms with Crippen LogP contribution in [0.2, 0.25) is 0 Å². The molecule has 7 heteroatoms. The molecule has 0 aliphatic carbocycles. The van der Waals surface area contributed by atoms with Gasteiger partial charge in [0.1, 0.15) is 11.5 Å². The van der Waals surface area contributed by atoms with Crippen molar-refractivity contribution in [2.45, 2.75) is 20.4 Å². The highest BCUT2D eigenvalue weighted by molar-refractivity contribution is 5.96. The molecule has 0 saturated carbocycles. The van der Waals surface area contributed by atoms with Crippen LogP contribution in [0.25, 0.3) is 16.7 Å². The van der Waals surface area contributed by atoms with E-state index in [1.165, 1.54) is 6.26 Å². The molecule has 0 aliphatic rings. The number of para-hydroxylation sites is 1. The van der Waals surface area contributed by atoms with Crippen LogP contribution in [0, 0.1) is 6.92 Å². The predicted octanol–water partition coefficient (Wildman–Crippen LogP) is 3.30. The molecular weight excluding hydrogens is 342 g/mol. The summed E-state index contributed by atoms with van der Waals surface area (Å²) in [6.45, 7) is 7.69. The van der Waals surface area contributed by atoms with Gasteiger partial charge in [-0.2, -0.15) is 0 Å². The number of allylic oxidation sites excluding steroid dienone is 1. The molecule has 7 nitrogen and oxygen atoms in total. The highest BCUT2D eigenvalue weighted by Crippen LogP contribution is 2.19. The third kappa shape index (κ3) is 3.82. The predicted molar refractivity (Wildman–Crippen MR) is 106 cm³/mol. The molecule has 3 rings (SSSR count). The smallest absolute Gasteiger partial charge is 0.273 e. The van der Waals surface area contributed by atoms with Crippen molar-refractivity contribution in [1.29, 1.82) is 0 Å². The normalized spacial score (nSPS) is 11.0. The van der Waals surface area contributed by atoms with Gasteiger partial charge in [0, 0.05) is 12.7 Å². The van der Waals surface area contributed by atoms with Gasteiger partial charge in [0.15, 0.2) is 11.5 Å². The second-order valence-corrected chi connectivity index (χ2v) is 5.94. The maximum Gasteiger partial charge on any atom is 0.273 e. The average Bonchev–Trinajstić information content (AvgIpc) is 3.15. The number of ether oxygens (including phenoxy) is 1. The lowest BCUT2D eigenvalue weighted by Crippen LogP contribution is -2.26. The highest BCUT2D eigenvalue weighted by atomic mass is 16.5. The number of aryl methyl sites for hydroxylation is 1. The molecule has 2 aromatic heterocycles. The van der Waals surface area contributed by atoms with Gasteiger partial charge in [0.25, 0.3) is 5.91 Å². The number of hydrogen-bond acceptors (Lipinski definition) is 5.